The van der Waals surface area contributed by atoms with Gasteiger partial charge in [0.1, 0.15) is 11.4 Å². The number of anilines is 1. The molecule has 1 aromatic carbocycles. The van der Waals surface area contributed by atoms with Crippen LogP contribution in [0.3, 0.4) is 0 Å². The van der Waals surface area contributed by atoms with Crippen LogP contribution in [0.1, 0.15) is 42.6 Å². The largest absolute Gasteiger partial charge is 0.507 e. The molecule has 0 aliphatic carbocycles. The molecule has 4 heterocycles. The van der Waals surface area contributed by atoms with E-state index in [1.807, 2.05) is 26.2 Å². The number of aliphatic hydroxyl groups is 1. The number of carbonyl (C=O) groups excluding carboxylic acids is 1. The second-order valence-corrected chi connectivity index (χ2v) is 10.0. The lowest BCUT2D eigenvalue weighted by molar-refractivity contribution is 0.0139. The Hall–Kier alpha value is -3.10. The van der Waals surface area contributed by atoms with E-state index < -0.39 is 11.5 Å². The van der Waals surface area contributed by atoms with Gasteiger partial charge in [-0.3, -0.25) is 9.69 Å². The predicted molar refractivity (Wildman–Crippen MR) is 127 cm³/mol. The first-order chi connectivity index (χ1) is 15.7. The first kappa shape index (κ1) is 21.7. The van der Waals surface area contributed by atoms with E-state index in [1.54, 1.807) is 18.2 Å². The van der Waals surface area contributed by atoms with E-state index in [-0.39, 0.29) is 11.3 Å². The molecule has 2 aliphatic rings. The van der Waals surface area contributed by atoms with Crippen LogP contribution in [-0.4, -0.2) is 67.9 Å². The fourth-order valence-electron chi connectivity index (χ4n) is 5.45. The highest BCUT2D eigenvalue weighted by molar-refractivity contribution is 5.95. The first-order valence-corrected chi connectivity index (χ1v) is 11.5. The summed E-state index contributed by atoms with van der Waals surface area (Å²) in [5.74, 6) is -0.752. The molecule has 8 nitrogen and oxygen atoms in total. The van der Waals surface area contributed by atoms with Crippen molar-refractivity contribution in [1.82, 2.24) is 14.5 Å². The average Bonchev–Trinajstić information content (AvgIpc) is 3.22. The summed E-state index contributed by atoms with van der Waals surface area (Å²) in [6.07, 6.45) is 6.20. The zero-order valence-electron chi connectivity index (χ0n) is 19.1. The summed E-state index contributed by atoms with van der Waals surface area (Å²) in [7, 11) is 0. The topological polar surface area (TPSA) is 108 Å². The van der Waals surface area contributed by atoms with Gasteiger partial charge < -0.3 is 25.4 Å². The second kappa shape index (κ2) is 8.04. The minimum absolute atomic E-state index is 0.107. The fraction of sp³-hybridized carbons (Fsp3) is 0.440. The van der Waals surface area contributed by atoms with Crippen molar-refractivity contribution in [2.75, 3.05) is 24.5 Å². The number of aromatic hydroxyl groups is 1. The molecule has 8 heteroatoms. The van der Waals surface area contributed by atoms with Gasteiger partial charge in [0.05, 0.1) is 11.2 Å². The average molecular weight is 450 g/mol. The van der Waals surface area contributed by atoms with Gasteiger partial charge in [0.25, 0.3) is 5.91 Å². The van der Waals surface area contributed by atoms with E-state index in [1.165, 1.54) is 5.69 Å². The number of nitrogens with two attached hydrogens (primary N) is 1. The number of phenols is 1. The van der Waals surface area contributed by atoms with Crippen molar-refractivity contribution in [1.29, 1.82) is 0 Å². The number of primary amides is 1. The lowest BCUT2D eigenvalue weighted by atomic mass is 10.1. The highest BCUT2D eigenvalue weighted by Crippen LogP contribution is 2.36. The molecule has 2 atom stereocenters. The number of benzene rings is 1. The number of fused-ring (bicyclic) bond motifs is 3. The highest BCUT2D eigenvalue weighted by atomic mass is 16.3. The van der Waals surface area contributed by atoms with Crippen molar-refractivity contribution in [3.05, 3.63) is 53.9 Å². The normalized spacial score (nSPS) is 21.1. The molecule has 2 saturated heterocycles. The standard InChI is InChI=1S/C25H31N5O3/c1-25(2,33)15-30-17-4-5-18(30)14-29(13-17)21-7-9-27-24-19(21)8-10-28(24)12-16-3-6-20(23(26)32)22(31)11-16/h3,6-11,17-18,31,33H,4-5,12-15H2,1-2H3,(H2,26,32). The summed E-state index contributed by atoms with van der Waals surface area (Å²) in [4.78, 5) is 21.0. The van der Waals surface area contributed by atoms with Crippen molar-refractivity contribution in [3.63, 3.8) is 0 Å². The van der Waals surface area contributed by atoms with Crippen molar-refractivity contribution < 1.29 is 15.0 Å². The number of hydrogen-bond acceptors (Lipinski definition) is 6. The smallest absolute Gasteiger partial charge is 0.252 e. The summed E-state index contributed by atoms with van der Waals surface area (Å²) in [6.45, 7) is 6.89. The Balaban J connectivity index is 1.39. The van der Waals surface area contributed by atoms with E-state index in [9.17, 15) is 15.0 Å². The highest BCUT2D eigenvalue weighted by Gasteiger charge is 2.41. The number of rotatable bonds is 6. The molecule has 4 N–H and O–H groups in total. The molecule has 2 bridgehead atoms. The minimum Gasteiger partial charge on any atom is -0.507 e. The van der Waals surface area contributed by atoms with Crippen LogP contribution in [0.4, 0.5) is 5.69 Å². The first-order valence-electron chi connectivity index (χ1n) is 11.5. The SMILES string of the molecule is CC(C)(O)CN1C2CCC1CN(c1ccnc3c1ccn3Cc1ccc(C(N)=O)c(O)c1)C2. The second-order valence-electron chi connectivity index (χ2n) is 10.0. The molecule has 2 unspecified atom stereocenters. The van der Waals surface area contributed by atoms with Gasteiger partial charge in [0, 0.05) is 61.7 Å². The molecular weight excluding hydrogens is 418 g/mol. The Labute approximate surface area is 193 Å². The van der Waals surface area contributed by atoms with E-state index in [0.29, 0.717) is 25.2 Å². The van der Waals surface area contributed by atoms with Crippen LogP contribution in [0.2, 0.25) is 0 Å². The number of hydrogen-bond donors (Lipinski definition) is 3. The van der Waals surface area contributed by atoms with Gasteiger partial charge in [-0.2, -0.15) is 0 Å². The van der Waals surface area contributed by atoms with Crippen molar-refractivity contribution in [2.45, 2.75) is 50.9 Å². The molecule has 174 valence electrons. The number of nitrogens with zero attached hydrogens (tertiary/aromatic N) is 4. The Bertz CT molecular complexity index is 1180. The molecule has 0 spiro atoms. The summed E-state index contributed by atoms with van der Waals surface area (Å²) in [6, 6.07) is 10.0. The van der Waals surface area contributed by atoms with Gasteiger partial charge in [0.2, 0.25) is 0 Å². The Morgan fingerprint density at radius 1 is 1.18 bits per heavy atom. The van der Waals surface area contributed by atoms with E-state index >= 15 is 0 Å². The quantitative estimate of drug-likeness (QED) is 0.533. The lowest BCUT2D eigenvalue weighted by Gasteiger charge is -2.44. The predicted octanol–water partition coefficient (Wildman–Crippen LogP) is 2.31. The van der Waals surface area contributed by atoms with Gasteiger partial charge in [-0.25, -0.2) is 4.98 Å². The molecule has 0 radical (unpaired) electrons. The van der Waals surface area contributed by atoms with E-state index in [0.717, 1.165) is 42.5 Å². The maximum absolute atomic E-state index is 11.4. The Morgan fingerprint density at radius 3 is 2.55 bits per heavy atom. The number of amides is 1. The monoisotopic (exact) mass is 449 g/mol. The third-order valence-corrected chi connectivity index (χ3v) is 6.86. The summed E-state index contributed by atoms with van der Waals surface area (Å²) >= 11 is 0. The van der Waals surface area contributed by atoms with Crippen LogP contribution in [0.5, 0.6) is 5.75 Å². The minimum atomic E-state index is -0.686. The fourth-order valence-corrected chi connectivity index (χ4v) is 5.45. The number of pyridine rings is 1. The number of carbonyl (C=O) groups is 1. The maximum Gasteiger partial charge on any atom is 0.252 e. The van der Waals surface area contributed by atoms with Crippen LogP contribution in [0.25, 0.3) is 11.0 Å². The van der Waals surface area contributed by atoms with Crippen LogP contribution in [0.15, 0.2) is 42.7 Å². The molecule has 2 aliphatic heterocycles. The number of aromatic nitrogens is 2. The third kappa shape index (κ3) is 4.16. The molecule has 1 amide bonds. The molecule has 5 rings (SSSR count). The van der Waals surface area contributed by atoms with Crippen molar-refractivity contribution in [2.24, 2.45) is 5.73 Å². The molecule has 2 fully saturated rings. The van der Waals surface area contributed by atoms with Gasteiger partial charge in [-0.05, 0) is 56.5 Å². The summed E-state index contributed by atoms with van der Waals surface area (Å²) in [5.41, 5.74) is 7.66. The Morgan fingerprint density at radius 2 is 1.91 bits per heavy atom. The van der Waals surface area contributed by atoms with Gasteiger partial charge in [0.15, 0.2) is 0 Å². The van der Waals surface area contributed by atoms with Crippen LogP contribution < -0.4 is 10.6 Å². The van der Waals surface area contributed by atoms with Crippen molar-refractivity contribution >= 4 is 22.6 Å². The molecule has 0 saturated carbocycles. The molecular formula is C25H31N5O3. The maximum atomic E-state index is 11.4. The molecule has 33 heavy (non-hydrogen) atoms. The molecule has 2 aromatic heterocycles. The van der Waals surface area contributed by atoms with Gasteiger partial charge in [-0.15, -0.1) is 0 Å². The lowest BCUT2D eigenvalue weighted by Crippen LogP contribution is -2.57. The van der Waals surface area contributed by atoms with Crippen LogP contribution in [0, 0.1) is 0 Å². The third-order valence-electron chi connectivity index (χ3n) is 6.86. The van der Waals surface area contributed by atoms with Crippen LogP contribution >= 0.6 is 0 Å². The van der Waals surface area contributed by atoms with Gasteiger partial charge in [-0.1, -0.05) is 6.07 Å². The number of piperazine rings is 1. The van der Waals surface area contributed by atoms with E-state index in [4.69, 9.17) is 5.73 Å². The van der Waals surface area contributed by atoms with E-state index in [2.05, 4.69) is 31.5 Å². The van der Waals surface area contributed by atoms with Crippen molar-refractivity contribution in [3.8, 4) is 5.75 Å². The zero-order chi connectivity index (χ0) is 23.3. The van der Waals surface area contributed by atoms with Crippen LogP contribution in [-0.2, 0) is 6.54 Å². The summed E-state index contributed by atoms with van der Waals surface area (Å²) in [5, 5.41) is 21.6. The molecule has 3 aromatic rings. The van der Waals surface area contributed by atoms with Gasteiger partial charge >= 0.3 is 0 Å². The zero-order valence-corrected chi connectivity index (χ0v) is 19.1. The summed E-state index contributed by atoms with van der Waals surface area (Å²) < 4.78 is 2.05. The Kier molecular flexibility index (Phi) is 5.29.